The van der Waals surface area contributed by atoms with Crippen LogP contribution in [-0.2, 0) is 18.8 Å². The molecular weight excluding hydrogens is 374 g/mol. The van der Waals surface area contributed by atoms with Gasteiger partial charge < -0.3 is 4.74 Å². The van der Waals surface area contributed by atoms with E-state index in [1.807, 2.05) is 35.9 Å². The van der Waals surface area contributed by atoms with Crippen molar-refractivity contribution >= 4 is 16.5 Å². The molecule has 0 unspecified atom stereocenters. The second-order valence-electron chi connectivity index (χ2n) is 9.22. The average Bonchev–Trinajstić information content (AvgIpc) is 3.51. The smallest absolute Gasteiger partial charge is 0.103 e. The van der Waals surface area contributed by atoms with Crippen molar-refractivity contribution < 1.29 is 4.74 Å². The van der Waals surface area contributed by atoms with E-state index in [1.54, 1.807) is 0 Å². The Bertz CT molecular complexity index is 1120. The molecule has 4 heterocycles. The van der Waals surface area contributed by atoms with E-state index in [0.717, 1.165) is 36.4 Å². The quantitative estimate of drug-likeness (QED) is 0.672. The Morgan fingerprint density at radius 3 is 2.70 bits per heavy atom. The molecule has 3 aliphatic rings. The summed E-state index contributed by atoms with van der Waals surface area (Å²) < 4.78 is 9.37. The first-order valence-corrected chi connectivity index (χ1v) is 11.1. The van der Waals surface area contributed by atoms with Crippen LogP contribution in [0.1, 0.15) is 24.8 Å². The van der Waals surface area contributed by atoms with Crippen LogP contribution in [0.5, 0.6) is 0 Å². The van der Waals surface area contributed by atoms with Gasteiger partial charge in [0.05, 0.1) is 11.7 Å². The van der Waals surface area contributed by atoms with Gasteiger partial charge in [0.1, 0.15) is 5.69 Å². The summed E-state index contributed by atoms with van der Waals surface area (Å²) in [5.74, 6) is 1.47. The summed E-state index contributed by atoms with van der Waals surface area (Å²) in [4.78, 5) is 2.73. The van der Waals surface area contributed by atoms with Gasteiger partial charge in [0.2, 0.25) is 0 Å². The first kappa shape index (κ1) is 18.3. The molecule has 2 aromatic heterocycles. The van der Waals surface area contributed by atoms with Gasteiger partial charge in [-0.3, -0.25) is 14.3 Å². The lowest BCUT2D eigenvalue weighted by Crippen LogP contribution is -2.38. The summed E-state index contributed by atoms with van der Waals surface area (Å²) in [6, 6.07) is 7.57. The normalized spacial score (nSPS) is 25.2. The number of hydrogen-bond acceptors (Lipinski definition) is 4. The lowest BCUT2D eigenvalue weighted by molar-refractivity contribution is 0.0406. The maximum Gasteiger partial charge on any atom is 0.103 e. The van der Waals surface area contributed by atoms with E-state index in [4.69, 9.17) is 9.84 Å². The minimum Gasteiger partial charge on any atom is -0.381 e. The van der Waals surface area contributed by atoms with Gasteiger partial charge in [0, 0.05) is 63.6 Å². The van der Waals surface area contributed by atoms with Gasteiger partial charge in [-0.1, -0.05) is 12.1 Å². The molecule has 6 heteroatoms. The van der Waals surface area contributed by atoms with Gasteiger partial charge in [-0.05, 0) is 54.4 Å². The van der Waals surface area contributed by atoms with Crippen LogP contribution in [0, 0.1) is 11.8 Å². The molecule has 6 nitrogen and oxygen atoms in total. The van der Waals surface area contributed by atoms with E-state index < -0.39 is 0 Å². The van der Waals surface area contributed by atoms with Crippen molar-refractivity contribution in [3.05, 3.63) is 42.2 Å². The van der Waals surface area contributed by atoms with E-state index in [0.29, 0.717) is 5.92 Å². The first-order valence-electron chi connectivity index (χ1n) is 11.1. The molecule has 3 aromatic rings. The van der Waals surface area contributed by atoms with Crippen LogP contribution in [0.15, 0.2) is 36.7 Å². The zero-order chi connectivity index (χ0) is 20.2. The van der Waals surface area contributed by atoms with E-state index in [2.05, 4.69) is 34.3 Å². The van der Waals surface area contributed by atoms with Crippen molar-refractivity contribution in [3.63, 3.8) is 0 Å². The van der Waals surface area contributed by atoms with Crippen molar-refractivity contribution in [3.8, 4) is 11.3 Å². The van der Waals surface area contributed by atoms with Crippen molar-refractivity contribution in [2.24, 2.45) is 25.9 Å². The fourth-order valence-corrected chi connectivity index (χ4v) is 5.73. The molecule has 2 atom stereocenters. The zero-order valence-electron chi connectivity index (χ0n) is 17.8. The lowest BCUT2D eigenvalue weighted by atomic mass is 9.97. The van der Waals surface area contributed by atoms with Gasteiger partial charge >= 0.3 is 0 Å². The van der Waals surface area contributed by atoms with E-state index >= 15 is 0 Å². The molecule has 0 spiro atoms. The molecule has 30 heavy (non-hydrogen) atoms. The van der Waals surface area contributed by atoms with Gasteiger partial charge in [-0.2, -0.15) is 10.2 Å². The van der Waals surface area contributed by atoms with E-state index in [9.17, 15) is 0 Å². The second kappa shape index (κ2) is 7.06. The molecule has 0 bridgehead atoms. The summed E-state index contributed by atoms with van der Waals surface area (Å²) in [5, 5.41) is 10.3. The van der Waals surface area contributed by atoms with Crippen molar-refractivity contribution in [1.29, 1.82) is 0 Å². The number of fused-ring (bicyclic) bond motifs is 2. The highest BCUT2D eigenvalue weighted by molar-refractivity contribution is 5.95. The maximum absolute atomic E-state index is 5.56. The van der Waals surface area contributed by atoms with Crippen molar-refractivity contribution in [1.82, 2.24) is 24.5 Å². The largest absolute Gasteiger partial charge is 0.381 e. The highest BCUT2D eigenvalue weighted by Crippen LogP contribution is 2.43. The van der Waals surface area contributed by atoms with E-state index in [-0.39, 0.29) is 0 Å². The minimum absolute atomic E-state index is 0.699. The molecule has 1 aliphatic carbocycles. The van der Waals surface area contributed by atoms with Crippen LogP contribution in [0.25, 0.3) is 27.7 Å². The fraction of sp³-hybridized carbons (Fsp3) is 0.500. The number of ether oxygens (including phenoxy) is 1. The summed E-state index contributed by atoms with van der Waals surface area (Å²) >= 11 is 0. The monoisotopic (exact) mass is 403 g/mol. The molecule has 2 fully saturated rings. The summed E-state index contributed by atoms with van der Waals surface area (Å²) in [7, 11) is 3.97. The van der Waals surface area contributed by atoms with Crippen molar-refractivity contribution in [2.75, 3.05) is 26.3 Å². The number of rotatable bonds is 3. The van der Waals surface area contributed by atoms with Gasteiger partial charge in [-0.25, -0.2) is 0 Å². The highest BCUT2D eigenvalue weighted by atomic mass is 16.5. The van der Waals surface area contributed by atoms with Crippen LogP contribution in [0.3, 0.4) is 0 Å². The summed E-state index contributed by atoms with van der Waals surface area (Å²) in [5.41, 5.74) is 6.13. The Balaban J connectivity index is 1.28. The highest BCUT2D eigenvalue weighted by Gasteiger charge is 2.39. The Kier molecular flexibility index (Phi) is 4.32. The van der Waals surface area contributed by atoms with Crippen molar-refractivity contribution in [2.45, 2.75) is 25.3 Å². The van der Waals surface area contributed by atoms with E-state index in [1.165, 1.54) is 54.4 Å². The Labute approximate surface area is 177 Å². The molecule has 2 aliphatic heterocycles. The molecular formula is C24H29N5O. The number of aromatic nitrogens is 4. The predicted molar refractivity (Wildman–Crippen MR) is 118 cm³/mol. The minimum atomic E-state index is 0.699. The summed E-state index contributed by atoms with van der Waals surface area (Å²) in [6.45, 7) is 4.32. The molecule has 156 valence electrons. The van der Waals surface area contributed by atoms with Crippen LogP contribution >= 0.6 is 0 Å². The fourth-order valence-electron chi connectivity index (χ4n) is 5.73. The average molecular weight is 404 g/mol. The van der Waals surface area contributed by atoms with Gasteiger partial charge in [-0.15, -0.1) is 0 Å². The SMILES string of the molecule is Cn1cc(-c2nn(C)c3ccc(C4=C[C@@H]5CN(C6CCOCC6)C[C@@H]5C4)cc23)cn1. The number of benzene rings is 1. The molecule has 0 amide bonds. The van der Waals surface area contributed by atoms with Gasteiger partial charge in [0.25, 0.3) is 0 Å². The lowest BCUT2D eigenvalue weighted by Gasteiger charge is -2.31. The number of hydrogen-bond donors (Lipinski definition) is 0. The molecule has 0 N–H and O–H groups in total. The Morgan fingerprint density at radius 2 is 1.93 bits per heavy atom. The predicted octanol–water partition coefficient (Wildman–Crippen LogP) is 3.49. The van der Waals surface area contributed by atoms with Crippen LogP contribution in [0.2, 0.25) is 0 Å². The molecule has 6 rings (SSSR count). The number of allylic oxidation sites excluding steroid dienone is 1. The second-order valence-corrected chi connectivity index (χ2v) is 9.22. The topological polar surface area (TPSA) is 48.1 Å². The third-order valence-corrected chi connectivity index (χ3v) is 7.32. The molecule has 0 saturated carbocycles. The van der Waals surface area contributed by atoms with Gasteiger partial charge in [0.15, 0.2) is 0 Å². The molecule has 0 radical (unpaired) electrons. The van der Waals surface area contributed by atoms with Crippen LogP contribution in [-0.4, -0.2) is 56.8 Å². The number of aryl methyl sites for hydroxylation is 2. The Morgan fingerprint density at radius 1 is 1.07 bits per heavy atom. The maximum atomic E-state index is 5.56. The first-order chi connectivity index (χ1) is 14.7. The molecule has 1 aromatic carbocycles. The zero-order valence-corrected chi connectivity index (χ0v) is 17.8. The Hall–Kier alpha value is -2.44. The van der Waals surface area contributed by atoms with Crippen LogP contribution in [0.4, 0.5) is 0 Å². The standard InChI is InChI=1S/C24H29N5O/c1-27-13-20(12-25-27)24-22-11-16(3-4-23(22)28(2)26-24)17-9-18-14-29(15-19(18)10-17)21-5-7-30-8-6-21/h3-4,9,11-13,18-19,21H,5-8,10,14-15H2,1-2H3/t18-,19+/m1/s1. The number of likely N-dealkylation sites (tertiary alicyclic amines) is 1. The third kappa shape index (κ3) is 3.01. The third-order valence-electron chi connectivity index (χ3n) is 7.32. The summed E-state index contributed by atoms with van der Waals surface area (Å²) in [6.07, 6.45) is 10.1. The molecule has 2 saturated heterocycles. The van der Waals surface area contributed by atoms with Crippen LogP contribution < -0.4 is 0 Å². The number of nitrogens with zero attached hydrogens (tertiary/aromatic N) is 5.